The van der Waals surface area contributed by atoms with E-state index in [4.69, 9.17) is 26.9 Å². The summed E-state index contributed by atoms with van der Waals surface area (Å²) in [5.41, 5.74) is -0.572. The highest BCUT2D eigenvalue weighted by Crippen LogP contribution is 2.17. The van der Waals surface area contributed by atoms with E-state index < -0.39 is 5.54 Å². The number of nitrogens with one attached hydrogen (secondary N) is 1. The number of hydrogen-bond acceptors (Lipinski definition) is 5. The number of pyridine rings is 1. The molecule has 0 aliphatic rings. The molecule has 0 unspecified atom stereocenters. The molecule has 0 aliphatic heterocycles. The van der Waals surface area contributed by atoms with Crippen LogP contribution in [-0.4, -0.2) is 45.7 Å². The van der Waals surface area contributed by atoms with Crippen LogP contribution in [0.4, 0.5) is 5.69 Å². The van der Waals surface area contributed by atoms with E-state index in [0.29, 0.717) is 10.8 Å². The number of hydrogen-bond donors (Lipinski definition) is 4. The normalized spacial score (nSPS) is 11.5. The third kappa shape index (κ3) is 3.04. The van der Waals surface area contributed by atoms with Crippen molar-refractivity contribution in [2.24, 2.45) is 0 Å². The largest absolute Gasteiger partial charge is 0.394 e. The van der Waals surface area contributed by atoms with Gasteiger partial charge in [0.15, 0.2) is 0 Å². The van der Waals surface area contributed by atoms with Gasteiger partial charge in [0.2, 0.25) is 0 Å². The monoisotopic (exact) mass is 232 g/mol. The highest BCUT2D eigenvalue weighted by atomic mass is 35.5. The lowest BCUT2D eigenvalue weighted by molar-refractivity contribution is 0.0833. The minimum atomic E-state index is -1.15. The first kappa shape index (κ1) is 12.2. The van der Waals surface area contributed by atoms with Crippen molar-refractivity contribution in [3.63, 3.8) is 0 Å². The van der Waals surface area contributed by atoms with Crippen LogP contribution in [0.25, 0.3) is 0 Å². The number of halogens is 1. The van der Waals surface area contributed by atoms with Gasteiger partial charge >= 0.3 is 0 Å². The molecule has 0 amide bonds. The van der Waals surface area contributed by atoms with Gasteiger partial charge in [-0.2, -0.15) is 0 Å². The predicted molar refractivity (Wildman–Crippen MR) is 56.9 cm³/mol. The van der Waals surface area contributed by atoms with Gasteiger partial charge in [-0.1, -0.05) is 11.6 Å². The van der Waals surface area contributed by atoms with Crippen molar-refractivity contribution in [2.75, 3.05) is 25.1 Å². The number of anilines is 1. The second-order valence-electron chi connectivity index (χ2n) is 3.25. The summed E-state index contributed by atoms with van der Waals surface area (Å²) in [7, 11) is 0. The fraction of sp³-hybridized carbons (Fsp3) is 0.444. The van der Waals surface area contributed by atoms with Gasteiger partial charge in [0.1, 0.15) is 10.7 Å². The standard InChI is InChI=1S/C9H13ClN2O3/c10-8-3-7(1-2-11-8)12-9(4-13,5-14)6-15/h1-3,13-15H,4-6H2,(H,11,12). The summed E-state index contributed by atoms with van der Waals surface area (Å²) >= 11 is 5.66. The quantitative estimate of drug-likeness (QED) is 0.531. The molecule has 0 bridgehead atoms. The molecule has 0 radical (unpaired) electrons. The molecular weight excluding hydrogens is 220 g/mol. The van der Waals surface area contributed by atoms with E-state index in [1.165, 1.54) is 12.3 Å². The van der Waals surface area contributed by atoms with Crippen molar-refractivity contribution in [1.82, 2.24) is 4.98 Å². The van der Waals surface area contributed by atoms with Gasteiger partial charge in [-0.25, -0.2) is 4.98 Å². The Labute approximate surface area is 92.3 Å². The Bertz CT molecular complexity index is 310. The summed E-state index contributed by atoms with van der Waals surface area (Å²) in [6.45, 7) is -1.17. The number of aromatic nitrogens is 1. The lowest BCUT2D eigenvalue weighted by Crippen LogP contribution is -2.49. The minimum Gasteiger partial charge on any atom is -0.394 e. The van der Waals surface area contributed by atoms with E-state index in [1.807, 2.05) is 0 Å². The van der Waals surface area contributed by atoms with E-state index in [-0.39, 0.29) is 19.8 Å². The molecule has 0 aromatic carbocycles. The van der Waals surface area contributed by atoms with Crippen molar-refractivity contribution in [3.05, 3.63) is 23.5 Å². The van der Waals surface area contributed by atoms with Crippen LogP contribution >= 0.6 is 11.6 Å². The van der Waals surface area contributed by atoms with Gasteiger partial charge in [0.05, 0.1) is 19.8 Å². The lowest BCUT2D eigenvalue weighted by Gasteiger charge is -2.29. The molecule has 1 aromatic rings. The van der Waals surface area contributed by atoms with Gasteiger partial charge in [-0.3, -0.25) is 0 Å². The van der Waals surface area contributed by atoms with Gasteiger partial charge in [-0.05, 0) is 12.1 Å². The second kappa shape index (κ2) is 5.27. The van der Waals surface area contributed by atoms with Crippen LogP contribution in [0.15, 0.2) is 18.3 Å². The molecule has 6 heteroatoms. The van der Waals surface area contributed by atoms with Gasteiger partial charge in [0.25, 0.3) is 0 Å². The first-order valence-corrected chi connectivity index (χ1v) is 4.76. The molecule has 0 saturated carbocycles. The average molecular weight is 233 g/mol. The third-order valence-electron chi connectivity index (χ3n) is 2.04. The summed E-state index contributed by atoms with van der Waals surface area (Å²) in [5.74, 6) is 0. The SMILES string of the molecule is OCC(CO)(CO)Nc1ccnc(Cl)c1. The van der Waals surface area contributed by atoms with Crippen LogP contribution in [0.5, 0.6) is 0 Å². The first-order chi connectivity index (χ1) is 7.15. The Morgan fingerprint density at radius 3 is 2.33 bits per heavy atom. The third-order valence-corrected chi connectivity index (χ3v) is 2.25. The maximum Gasteiger partial charge on any atom is 0.131 e. The number of nitrogens with zero attached hydrogens (tertiary/aromatic N) is 1. The van der Waals surface area contributed by atoms with E-state index in [2.05, 4.69) is 10.3 Å². The van der Waals surface area contributed by atoms with Crippen molar-refractivity contribution < 1.29 is 15.3 Å². The zero-order valence-corrected chi connectivity index (χ0v) is 8.78. The molecule has 1 heterocycles. The Hall–Kier alpha value is -0.880. The molecule has 0 fully saturated rings. The smallest absolute Gasteiger partial charge is 0.131 e. The Balaban J connectivity index is 2.82. The Morgan fingerprint density at radius 1 is 1.27 bits per heavy atom. The number of rotatable bonds is 5. The van der Waals surface area contributed by atoms with Gasteiger partial charge in [0, 0.05) is 11.9 Å². The van der Waals surface area contributed by atoms with Crippen molar-refractivity contribution in [1.29, 1.82) is 0 Å². The molecule has 1 rings (SSSR count). The Kier molecular flexibility index (Phi) is 4.28. The zero-order chi connectivity index (χ0) is 11.3. The van der Waals surface area contributed by atoms with Crippen molar-refractivity contribution in [3.8, 4) is 0 Å². The molecule has 15 heavy (non-hydrogen) atoms. The van der Waals surface area contributed by atoms with Crippen LogP contribution < -0.4 is 5.32 Å². The summed E-state index contributed by atoms with van der Waals surface area (Å²) in [6.07, 6.45) is 1.49. The van der Waals surface area contributed by atoms with Gasteiger partial charge < -0.3 is 20.6 Å². The fourth-order valence-electron chi connectivity index (χ4n) is 1.05. The lowest BCUT2D eigenvalue weighted by atomic mass is 10.0. The minimum absolute atomic E-state index is 0.294. The summed E-state index contributed by atoms with van der Waals surface area (Å²) in [6, 6.07) is 3.17. The van der Waals surface area contributed by atoms with Crippen LogP contribution in [0, 0.1) is 0 Å². The maximum absolute atomic E-state index is 9.08. The van der Waals surface area contributed by atoms with Crippen LogP contribution in [0.2, 0.25) is 5.15 Å². The number of aliphatic hydroxyl groups excluding tert-OH is 3. The maximum atomic E-state index is 9.08. The molecule has 5 nitrogen and oxygen atoms in total. The Morgan fingerprint density at radius 2 is 1.87 bits per heavy atom. The zero-order valence-electron chi connectivity index (χ0n) is 8.02. The molecule has 0 spiro atoms. The average Bonchev–Trinajstić information content (AvgIpc) is 2.26. The van der Waals surface area contributed by atoms with E-state index in [0.717, 1.165) is 0 Å². The topological polar surface area (TPSA) is 85.6 Å². The summed E-state index contributed by atoms with van der Waals surface area (Å²) in [5, 5.41) is 30.3. The molecule has 0 saturated heterocycles. The summed E-state index contributed by atoms with van der Waals surface area (Å²) in [4.78, 5) is 3.79. The van der Waals surface area contributed by atoms with Crippen molar-refractivity contribution >= 4 is 17.3 Å². The molecule has 1 aromatic heterocycles. The van der Waals surface area contributed by atoms with Crippen LogP contribution in [0.3, 0.4) is 0 Å². The van der Waals surface area contributed by atoms with E-state index in [9.17, 15) is 0 Å². The predicted octanol–water partition coefficient (Wildman–Crippen LogP) is -0.137. The molecular formula is C9H13ClN2O3. The highest BCUT2D eigenvalue weighted by molar-refractivity contribution is 6.29. The van der Waals surface area contributed by atoms with Gasteiger partial charge in [-0.15, -0.1) is 0 Å². The van der Waals surface area contributed by atoms with E-state index in [1.54, 1.807) is 6.07 Å². The van der Waals surface area contributed by atoms with Crippen molar-refractivity contribution in [2.45, 2.75) is 5.54 Å². The first-order valence-electron chi connectivity index (χ1n) is 4.38. The van der Waals surface area contributed by atoms with E-state index >= 15 is 0 Å². The van der Waals surface area contributed by atoms with Crippen LogP contribution in [-0.2, 0) is 0 Å². The molecule has 84 valence electrons. The fourth-order valence-corrected chi connectivity index (χ4v) is 1.23. The molecule has 4 N–H and O–H groups in total. The molecule has 0 aliphatic carbocycles. The number of aliphatic hydroxyl groups is 3. The summed E-state index contributed by atoms with van der Waals surface area (Å²) < 4.78 is 0. The van der Waals surface area contributed by atoms with Crippen LogP contribution in [0.1, 0.15) is 0 Å². The second-order valence-corrected chi connectivity index (χ2v) is 3.63. The highest BCUT2D eigenvalue weighted by Gasteiger charge is 2.27. The molecule has 0 atom stereocenters.